The maximum atomic E-state index is 12.1. The number of rotatable bonds is 2. The van der Waals surface area contributed by atoms with Gasteiger partial charge in [-0.3, -0.25) is 9.00 Å². The average Bonchev–Trinajstić information content (AvgIpc) is 2.15. The van der Waals surface area contributed by atoms with E-state index in [9.17, 15) is 9.00 Å². The van der Waals surface area contributed by atoms with Crippen molar-refractivity contribution in [1.82, 2.24) is 0 Å². The van der Waals surface area contributed by atoms with Crippen molar-refractivity contribution in [2.75, 3.05) is 0 Å². The predicted molar refractivity (Wildman–Crippen MR) is 61.1 cm³/mol. The Morgan fingerprint density at radius 3 is 2.27 bits per heavy atom. The minimum absolute atomic E-state index is 0.339. The van der Waals surface area contributed by atoms with Crippen LogP contribution in [0.15, 0.2) is 29.2 Å². The van der Waals surface area contributed by atoms with E-state index in [0.717, 1.165) is 0 Å². The van der Waals surface area contributed by atoms with E-state index in [4.69, 9.17) is 5.73 Å². The molecule has 4 heteroatoms. The third kappa shape index (κ3) is 2.65. The normalized spacial score (nSPS) is 13.5. The highest BCUT2D eigenvalue weighted by molar-refractivity contribution is 7.86. The van der Waals surface area contributed by atoms with Gasteiger partial charge >= 0.3 is 0 Å². The molecule has 1 rings (SSSR count). The van der Waals surface area contributed by atoms with Gasteiger partial charge in [0.1, 0.15) is 0 Å². The lowest BCUT2D eigenvalue weighted by Gasteiger charge is -2.19. The Labute approximate surface area is 92.1 Å². The Balaban J connectivity index is 3.26. The molecule has 1 aromatic rings. The first-order valence-corrected chi connectivity index (χ1v) is 5.79. The molecule has 82 valence electrons. The van der Waals surface area contributed by atoms with Crippen molar-refractivity contribution in [2.24, 2.45) is 5.73 Å². The van der Waals surface area contributed by atoms with Gasteiger partial charge in [-0.2, -0.15) is 0 Å². The number of hydrogen-bond donors (Lipinski definition) is 1. The van der Waals surface area contributed by atoms with E-state index in [1.807, 2.05) is 20.8 Å². The molecule has 0 saturated heterocycles. The second-order valence-electron chi connectivity index (χ2n) is 4.24. The van der Waals surface area contributed by atoms with Crippen LogP contribution in [0.3, 0.4) is 0 Å². The van der Waals surface area contributed by atoms with Gasteiger partial charge in [-0.1, -0.05) is 12.1 Å². The second-order valence-corrected chi connectivity index (χ2v) is 6.44. The topological polar surface area (TPSA) is 60.2 Å². The Kier molecular flexibility index (Phi) is 3.29. The first kappa shape index (κ1) is 11.9. The summed E-state index contributed by atoms with van der Waals surface area (Å²) in [5.41, 5.74) is 5.56. The minimum Gasteiger partial charge on any atom is -0.366 e. The van der Waals surface area contributed by atoms with Gasteiger partial charge in [-0.15, -0.1) is 0 Å². The van der Waals surface area contributed by atoms with Gasteiger partial charge in [0, 0.05) is 4.75 Å². The third-order valence-electron chi connectivity index (χ3n) is 1.91. The number of benzene rings is 1. The standard InChI is InChI=1S/C11H15NO2S/c1-11(2,3)15(14)9-7-5-4-6-8(9)10(12)13/h4-7H,1-3H3,(H2,12,13). The van der Waals surface area contributed by atoms with Crippen LogP contribution >= 0.6 is 0 Å². The van der Waals surface area contributed by atoms with Crippen molar-refractivity contribution in [3.63, 3.8) is 0 Å². The highest BCUT2D eigenvalue weighted by Crippen LogP contribution is 2.23. The zero-order valence-corrected chi connectivity index (χ0v) is 9.93. The summed E-state index contributed by atoms with van der Waals surface area (Å²) in [5, 5.41) is 0. The minimum atomic E-state index is -1.23. The monoisotopic (exact) mass is 225 g/mol. The number of carbonyl (C=O) groups excluding carboxylic acids is 1. The lowest BCUT2D eigenvalue weighted by molar-refractivity contribution is 0.0997. The fraction of sp³-hybridized carbons (Fsp3) is 0.364. The van der Waals surface area contributed by atoms with Crippen LogP contribution < -0.4 is 5.73 Å². The second kappa shape index (κ2) is 4.14. The molecule has 0 saturated carbocycles. The van der Waals surface area contributed by atoms with E-state index in [2.05, 4.69) is 0 Å². The molecule has 0 radical (unpaired) electrons. The van der Waals surface area contributed by atoms with Crippen LogP contribution in [0.25, 0.3) is 0 Å². The van der Waals surface area contributed by atoms with Crippen LogP contribution in [-0.4, -0.2) is 14.9 Å². The summed E-state index contributed by atoms with van der Waals surface area (Å²) in [7, 11) is -1.23. The van der Waals surface area contributed by atoms with Crippen molar-refractivity contribution in [3.8, 4) is 0 Å². The molecular weight excluding hydrogens is 210 g/mol. The highest BCUT2D eigenvalue weighted by Gasteiger charge is 2.24. The number of nitrogens with two attached hydrogens (primary N) is 1. The lowest BCUT2D eigenvalue weighted by Crippen LogP contribution is -2.24. The Morgan fingerprint density at radius 1 is 1.27 bits per heavy atom. The molecule has 1 aromatic carbocycles. The Bertz CT molecular complexity index is 407. The number of amides is 1. The SMILES string of the molecule is CC(C)(C)S(=O)c1ccccc1C(N)=O. The van der Waals surface area contributed by atoms with Crippen LogP contribution in [0.2, 0.25) is 0 Å². The van der Waals surface area contributed by atoms with Gasteiger partial charge in [-0.25, -0.2) is 0 Å². The molecule has 0 fully saturated rings. The molecule has 0 aliphatic heterocycles. The molecule has 0 bridgehead atoms. The van der Waals surface area contributed by atoms with Gasteiger partial charge in [0.15, 0.2) is 0 Å². The molecule has 0 spiro atoms. The maximum Gasteiger partial charge on any atom is 0.249 e. The van der Waals surface area contributed by atoms with E-state index in [1.165, 1.54) is 0 Å². The van der Waals surface area contributed by atoms with Gasteiger partial charge in [0.05, 0.1) is 21.3 Å². The van der Waals surface area contributed by atoms with Crippen molar-refractivity contribution >= 4 is 16.7 Å². The molecule has 0 aliphatic rings. The van der Waals surface area contributed by atoms with Crippen LogP contribution in [0.5, 0.6) is 0 Å². The number of carbonyl (C=O) groups is 1. The van der Waals surface area contributed by atoms with E-state index in [-0.39, 0.29) is 0 Å². The summed E-state index contributed by atoms with van der Waals surface area (Å²) >= 11 is 0. The summed E-state index contributed by atoms with van der Waals surface area (Å²) in [5.74, 6) is -0.539. The largest absolute Gasteiger partial charge is 0.366 e. The third-order valence-corrected chi connectivity index (χ3v) is 3.78. The summed E-state index contributed by atoms with van der Waals surface area (Å²) in [4.78, 5) is 11.7. The molecule has 2 N–H and O–H groups in total. The fourth-order valence-corrected chi connectivity index (χ4v) is 2.39. The molecule has 1 unspecified atom stereocenters. The molecular formula is C11H15NO2S. The zero-order chi connectivity index (χ0) is 11.6. The van der Waals surface area contributed by atoms with Gasteiger partial charge in [-0.05, 0) is 32.9 Å². The van der Waals surface area contributed by atoms with Crippen molar-refractivity contribution in [3.05, 3.63) is 29.8 Å². The smallest absolute Gasteiger partial charge is 0.249 e. The first-order chi connectivity index (χ1) is 6.84. The highest BCUT2D eigenvalue weighted by atomic mass is 32.2. The number of hydrogen-bond acceptors (Lipinski definition) is 2. The van der Waals surface area contributed by atoms with Crippen LogP contribution in [0.1, 0.15) is 31.1 Å². The van der Waals surface area contributed by atoms with Crippen molar-refractivity contribution < 1.29 is 9.00 Å². The van der Waals surface area contributed by atoms with Crippen LogP contribution in [0, 0.1) is 0 Å². The Hall–Kier alpha value is -1.16. The summed E-state index contributed by atoms with van der Waals surface area (Å²) in [6.07, 6.45) is 0. The quantitative estimate of drug-likeness (QED) is 0.832. The van der Waals surface area contributed by atoms with Crippen LogP contribution in [0.4, 0.5) is 0 Å². The summed E-state index contributed by atoms with van der Waals surface area (Å²) in [6.45, 7) is 5.59. The predicted octanol–water partition coefficient (Wildman–Crippen LogP) is 1.69. The van der Waals surface area contributed by atoms with Crippen molar-refractivity contribution in [2.45, 2.75) is 30.4 Å². The summed E-state index contributed by atoms with van der Waals surface area (Å²) in [6, 6.07) is 6.75. The zero-order valence-electron chi connectivity index (χ0n) is 9.11. The molecule has 1 amide bonds. The van der Waals surface area contributed by atoms with Gasteiger partial charge in [0.25, 0.3) is 0 Å². The number of primary amides is 1. The molecule has 0 aromatic heterocycles. The van der Waals surface area contributed by atoms with E-state index in [0.29, 0.717) is 10.5 Å². The average molecular weight is 225 g/mol. The first-order valence-electron chi connectivity index (χ1n) is 4.65. The molecule has 0 aliphatic carbocycles. The molecule has 3 nitrogen and oxygen atoms in total. The maximum absolute atomic E-state index is 12.1. The molecule has 15 heavy (non-hydrogen) atoms. The van der Waals surface area contributed by atoms with E-state index in [1.54, 1.807) is 24.3 Å². The van der Waals surface area contributed by atoms with Crippen LogP contribution in [-0.2, 0) is 10.8 Å². The molecule has 0 heterocycles. The molecule has 1 atom stereocenters. The van der Waals surface area contributed by atoms with Gasteiger partial charge in [0.2, 0.25) is 5.91 Å². The fourth-order valence-electron chi connectivity index (χ4n) is 1.16. The lowest BCUT2D eigenvalue weighted by atomic mass is 10.2. The van der Waals surface area contributed by atoms with Gasteiger partial charge < -0.3 is 5.73 Å². The van der Waals surface area contributed by atoms with Crippen molar-refractivity contribution in [1.29, 1.82) is 0 Å². The summed E-state index contributed by atoms with van der Waals surface area (Å²) < 4.78 is 11.7. The van der Waals surface area contributed by atoms with E-state index < -0.39 is 21.5 Å². The Morgan fingerprint density at radius 2 is 1.80 bits per heavy atom. The van der Waals surface area contributed by atoms with E-state index >= 15 is 0 Å².